The number of nitrogens with one attached hydrogen (secondary N) is 2. The van der Waals surface area contributed by atoms with Crippen LogP contribution in [0.2, 0.25) is 0 Å². The third-order valence-electron chi connectivity index (χ3n) is 5.32. The predicted molar refractivity (Wildman–Crippen MR) is 142 cm³/mol. The van der Waals surface area contributed by atoms with Crippen molar-refractivity contribution in [3.05, 3.63) is 54.6 Å². The lowest BCUT2D eigenvalue weighted by molar-refractivity contribution is -0.142. The van der Waals surface area contributed by atoms with E-state index < -0.39 is 23.8 Å². The molecule has 2 unspecified atom stereocenters. The Labute approximate surface area is 211 Å². The van der Waals surface area contributed by atoms with Crippen LogP contribution in [0, 0.1) is 5.92 Å². The van der Waals surface area contributed by atoms with Crippen LogP contribution in [0.25, 0.3) is 6.08 Å². The van der Waals surface area contributed by atoms with Gasteiger partial charge in [0.1, 0.15) is 17.7 Å². The molecule has 0 bridgehead atoms. The van der Waals surface area contributed by atoms with Crippen molar-refractivity contribution < 1.29 is 19.1 Å². The molecule has 0 aromatic heterocycles. The first-order valence-corrected chi connectivity index (χ1v) is 12.4. The zero-order valence-corrected chi connectivity index (χ0v) is 22.2. The molecule has 0 spiro atoms. The van der Waals surface area contributed by atoms with Gasteiger partial charge in [-0.15, -0.1) is 6.58 Å². The summed E-state index contributed by atoms with van der Waals surface area (Å²) in [5.74, 6) is -0.907. The minimum atomic E-state index is -0.899. The molecule has 0 aliphatic carbocycles. The molecule has 1 rings (SSSR count). The Kier molecular flexibility index (Phi) is 12.3. The van der Waals surface area contributed by atoms with E-state index in [-0.39, 0.29) is 24.3 Å². The number of carbonyl (C=O) groups excluding carboxylic acids is 3. The lowest BCUT2D eigenvalue weighted by Crippen LogP contribution is -2.55. The lowest BCUT2D eigenvalue weighted by Gasteiger charge is -2.35. The Balaban J connectivity index is 3.39. The van der Waals surface area contributed by atoms with E-state index in [4.69, 9.17) is 4.74 Å². The molecule has 0 aliphatic rings. The molecule has 7 heteroatoms. The summed E-state index contributed by atoms with van der Waals surface area (Å²) >= 11 is 0. The van der Waals surface area contributed by atoms with Gasteiger partial charge in [-0.3, -0.25) is 9.59 Å². The van der Waals surface area contributed by atoms with Gasteiger partial charge in [0.25, 0.3) is 0 Å². The molecule has 35 heavy (non-hydrogen) atoms. The van der Waals surface area contributed by atoms with E-state index in [1.54, 1.807) is 32.9 Å². The summed E-state index contributed by atoms with van der Waals surface area (Å²) in [5, 5.41) is 5.69. The smallest absolute Gasteiger partial charge is 0.408 e. The SMILES string of the molecule is C=CCN(C(=O)C(NC(=O)OC(C)(C)C)C(C)C)C(C(=O)NCCCCC)c1cccc(C=C)c1. The summed E-state index contributed by atoms with van der Waals surface area (Å²) in [6.07, 6.45) is 5.48. The number of amides is 3. The van der Waals surface area contributed by atoms with Crippen LogP contribution < -0.4 is 10.6 Å². The summed E-state index contributed by atoms with van der Waals surface area (Å²) in [6, 6.07) is 5.59. The van der Waals surface area contributed by atoms with Crippen LogP contribution in [0.15, 0.2) is 43.5 Å². The van der Waals surface area contributed by atoms with Crippen LogP contribution in [0.4, 0.5) is 4.79 Å². The third-order valence-corrected chi connectivity index (χ3v) is 5.32. The first-order valence-electron chi connectivity index (χ1n) is 12.4. The number of hydrogen-bond donors (Lipinski definition) is 2. The van der Waals surface area contributed by atoms with Gasteiger partial charge in [0.15, 0.2) is 0 Å². The zero-order chi connectivity index (χ0) is 26.6. The van der Waals surface area contributed by atoms with Gasteiger partial charge in [0.05, 0.1) is 0 Å². The summed E-state index contributed by atoms with van der Waals surface area (Å²) in [4.78, 5) is 41.3. The topological polar surface area (TPSA) is 87.7 Å². The second-order valence-corrected chi connectivity index (χ2v) is 9.92. The number of ether oxygens (including phenoxy) is 1. The van der Waals surface area contributed by atoms with Crippen LogP contribution in [0.3, 0.4) is 0 Å². The van der Waals surface area contributed by atoms with E-state index in [2.05, 4.69) is 30.7 Å². The fourth-order valence-electron chi connectivity index (χ4n) is 3.60. The Hall–Kier alpha value is -3.09. The average Bonchev–Trinajstić information content (AvgIpc) is 2.78. The first kappa shape index (κ1) is 29.9. The van der Waals surface area contributed by atoms with Gasteiger partial charge in [-0.1, -0.05) is 70.5 Å². The molecule has 1 aromatic carbocycles. The number of alkyl carbamates (subject to hydrolysis) is 1. The second kappa shape index (κ2) is 14.3. The van der Waals surface area contributed by atoms with Gasteiger partial charge in [-0.2, -0.15) is 0 Å². The molecule has 3 amide bonds. The summed E-state index contributed by atoms with van der Waals surface area (Å²) < 4.78 is 5.38. The molecule has 0 fully saturated rings. The maximum atomic E-state index is 13.8. The van der Waals surface area contributed by atoms with Gasteiger partial charge in [0.2, 0.25) is 11.8 Å². The number of benzene rings is 1. The van der Waals surface area contributed by atoms with E-state index >= 15 is 0 Å². The van der Waals surface area contributed by atoms with Crippen molar-refractivity contribution in [1.82, 2.24) is 15.5 Å². The van der Waals surface area contributed by atoms with E-state index in [0.29, 0.717) is 12.1 Å². The highest BCUT2D eigenvalue weighted by atomic mass is 16.6. The molecule has 7 nitrogen and oxygen atoms in total. The lowest BCUT2D eigenvalue weighted by atomic mass is 9.97. The van der Waals surface area contributed by atoms with Crippen molar-refractivity contribution in [2.75, 3.05) is 13.1 Å². The molecule has 2 atom stereocenters. The number of nitrogens with zero attached hydrogens (tertiary/aromatic N) is 1. The molecule has 0 radical (unpaired) electrons. The first-order chi connectivity index (χ1) is 16.4. The van der Waals surface area contributed by atoms with Crippen LogP contribution in [-0.2, 0) is 14.3 Å². The van der Waals surface area contributed by atoms with Crippen LogP contribution in [0.1, 0.15) is 78.0 Å². The Morgan fingerprint density at radius 3 is 2.37 bits per heavy atom. The Morgan fingerprint density at radius 1 is 1.14 bits per heavy atom. The van der Waals surface area contributed by atoms with Gasteiger partial charge in [0, 0.05) is 13.1 Å². The molecular weight excluding hydrogens is 442 g/mol. The van der Waals surface area contributed by atoms with E-state index in [9.17, 15) is 14.4 Å². The Morgan fingerprint density at radius 2 is 1.83 bits per heavy atom. The maximum Gasteiger partial charge on any atom is 0.408 e. The molecule has 0 aliphatic heterocycles. The molecular formula is C28H43N3O4. The van der Waals surface area contributed by atoms with Gasteiger partial charge >= 0.3 is 6.09 Å². The van der Waals surface area contributed by atoms with E-state index in [1.165, 1.54) is 4.90 Å². The van der Waals surface area contributed by atoms with Gasteiger partial charge in [-0.05, 0) is 50.3 Å². The van der Waals surface area contributed by atoms with Crippen molar-refractivity contribution in [2.45, 2.75) is 78.5 Å². The largest absolute Gasteiger partial charge is 0.444 e. The fraction of sp³-hybridized carbons (Fsp3) is 0.536. The second-order valence-electron chi connectivity index (χ2n) is 9.92. The van der Waals surface area contributed by atoms with Crippen molar-refractivity contribution in [3.8, 4) is 0 Å². The van der Waals surface area contributed by atoms with Crippen LogP contribution in [0.5, 0.6) is 0 Å². The molecule has 0 heterocycles. The molecule has 194 valence electrons. The normalized spacial score (nSPS) is 12.9. The van der Waals surface area contributed by atoms with Gasteiger partial charge in [-0.25, -0.2) is 4.79 Å². The third kappa shape index (κ3) is 9.97. The van der Waals surface area contributed by atoms with Crippen LogP contribution >= 0.6 is 0 Å². The highest BCUT2D eigenvalue weighted by Gasteiger charge is 2.37. The van der Waals surface area contributed by atoms with Crippen molar-refractivity contribution >= 4 is 24.0 Å². The predicted octanol–water partition coefficient (Wildman–Crippen LogP) is 5.24. The summed E-state index contributed by atoms with van der Waals surface area (Å²) in [7, 11) is 0. The highest BCUT2D eigenvalue weighted by molar-refractivity contribution is 5.92. The molecule has 0 saturated carbocycles. The fourth-order valence-corrected chi connectivity index (χ4v) is 3.60. The maximum absolute atomic E-state index is 13.8. The van der Waals surface area contributed by atoms with E-state index in [0.717, 1.165) is 24.8 Å². The summed E-state index contributed by atoms with van der Waals surface area (Å²) in [5.41, 5.74) is 0.788. The van der Waals surface area contributed by atoms with Crippen molar-refractivity contribution in [1.29, 1.82) is 0 Å². The van der Waals surface area contributed by atoms with Crippen molar-refractivity contribution in [2.24, 2.45) is 5.92 Å². The zero-order valence-electron chi connectivity index (χ0n) is 22.2. The van der Waals surface area contributed by atoms with Gasteiger partial charge < -0.3 is 20.3 Å². The average molecular weight is 486 g/mol. The number of carbonyl (C=O) groups is 3. The molecule has 2 N–H and O–H groups in total. The number of unbranched alkanes of at least 4 members (excludes halogenated alkanes) is 2. The summed E-state index contributed by atoms with van der Waals surface area (Å²) in [6.45, 7) is 19.3. The quantitative estimate of drug-likeness (QED) is 0.295. The minimum Gasteiger partial charge on any atom is -0.444 e. The molecule has 1 aromatic rings. The van der Waals surface area contributed by atoms with E-state index in [1.807, 2.05) is 38.1 Å². The standard InChI is InChI=1S/C28H43N3O4/c1-9-12-13-17-29-25(32)24(22-16-14-15-21(11-3)19-22)31(18-10-2)26(33)23(20(4)5)30-27(34)35-28(6,7)8/h10-11,14-16,19-20,23-24H,2-3,9,12-13,17-18H2,1,4-8H3,(H,29,32)(H,30,34). The molecule has 0 saturated heterocycles. The monoisotopic (exact) mass is 485 g/mol. The number of hydrogen-bond acceptors (Lipinski definition) is 4. The number of rotatable bonds is 13. The minimum absolute atomic E-state index is 0.128. The van der Waals surface area contributed by atoms with Crippen molar-refractivity contribution in [3.63, 3.8) is 0 Å². The highest BCUT2D eigenvalue weighted by Crippen LogP contribution is 2.25. The Bertz CT molecular complexity index is 873. The van der Waals surface area contributed by atoms with Crippen LogP contribution in [-0.4, -0.2) is 47.5 Å².